The maximum absolute atomic E-state index is 16.0. The molecule has 7 aromatic rings. The molecule has 0 aromatic heterocycles. The lowest BCUT2D eigenvalue weighted by Gasteiger charge is -2.31. The Balaban J connectivity index is 1.15. The van der Waals surface area contributed by atoms with Gasteiger partial charge >= 0.3 is 12.1 Å². The van der Waals surface area contributed by atoms with Crippen LogP contribution in [0.15, 0.2) is 115 Å². The number of halogens is 2. The van der Waals surface area contributed by atoms with Gasteiger partial charge in [0.05, 0.1) is 10.0 Å². The van der Waals surface area contributed by atoms with Gasteiger partial charge in [0.1, 0.15) is 100 Å². The van der Waals surface area contributed by atoms with Crippen molar-refractivity contribution in [1.82, 2.24) is 37.2 Å². The molecule has 0 spiro atoms. The highest BCUT2D eigenvalue weighted by Gasteiger charge is 2.42. The number of carbonyl (C=O) groups excluding carboxylic acids is 8. The van der Waals surface area contributed by atoms with E-state index in [1.807, 2.05) is 6.07 Å². The molecule has 0 fully saturated rings. The second-order valence-electron chi connectivity index (χ2n) is 23.6. The van der Waals surface area contributed by atoms with Crippen LogP contribution in [0.1, 0.15) is 96.0 Å². The second kappa shape index (κ2) is 27.3. The lowest BCUT2D eigenvalue weighted by Crippen LogP contribution is -2.55. The number of aromatic hydroxyl groups is 5. The van der Waals surface area contributed by atoms with Gasteiger partial charge in [0.15, 0.2) is 42.3 Å². The van der Waals surface area contributed by atoms with Crippen LogP contribution in [0.2, 0.25) is 10.0 Å². The van der Waals surface area contributed by atoms with Crippen molar-refractivity contribution in [2.45, 2.75) is 81.2 Å². The number of hydrogen-bond donors (Lipinski definition) is 13. The fourth-order valence-electron chi connectivity index (χ4n) is 11.2. The first-order valence-corrected chi connectivity index (χ1v) is 30.3. The molecule has 31 heteroatoms. The van der Waals surface area contributed by atoms with Gasteiger partial charge in [-0.25, -0.2) is 9.59 Å². The number of alkyl carbamates (subject to hydrolysis) is 1. The fraction of sp³-hybridized carbons (Fsp3) is 0.224. The first-order valence-electron chi connectivity index (χ1n) is 29.5. The van der Waals surface area contributed by atoms with Crippen molar-refractivity contribution >= 4 is 70.7 Å². The number of aliphatic hydroxyl groups is 1. The van der Waals surface area contributed by atoms with Crippen molar-refractivity contribution in [3.05, 3.63) is 164 Å². The molecular weight excluding hydrogens is 1320 g/mol. The number of nitriles is 2. The van der Waals surface area contributed by atoms with Crippen LogP contribution in [-0.4, -0.2) is 109 Å². The van der Waals surface area contributed by atoms with Gasteiger partial charge in [0.25, 0.3) is 0 Å². The van der Waals surface area contributed by atoms with E-state index in [2.05, 4.69) is 37.2 Å². The predicted molar refractivity (Wildman–Crippen MR) is 339 cm³/mol. The van der Waals surface area contributed by atoms with E-state index in [0.717, 1.165) is 66.7 Å². The van der Waals surface area contributed by atoms with E-state index in [1.165, 1.54) is 48.5 Å². The van der Waals surface area contributed by atoms with Crippen molar-refractivity contribution in [2.24, 2.45) is 0 Å². The highest BCUT2D eigenvalue weighted by molar-refractivity contribution is 6.32. The predicted octanol–water partition coefficient (Wildman–Crippen LogP) is 6.73. The van der Waals surface area contributed by atoms with Crippen LogP contribution in [0.3, 0.4) is 0 Å². The topological polar surface area (TPSA) is 445 Å². The number of amides is 7. The van der Waals surface area contributed by atoms with Crippen molar-refractivity contribution in [2.75, 3.05) is 13.2 Å². The van der Waals surface area contributed by atoms with E-state index in [4.69, 9.17) is 51.6 Å². The summed E-state index contributed by atoms with van der Waals surface area (Å²) < 4.78 is 35.6. The van der Waals surface area contributed by atoms with Crippen LogP contribution in [0, 0.1) is 22.7 Å². The summed E-state index contributed by atoms with van der Waals surface area (Å²) in [5.41, 5.74) is -3.40. The highest BCUT2D eigenvalue weighted by atomic mass is 35.5. The lowest BCUT2D eigenvalue weighted by molar-refractivity contribution is -0.147. The van der Waals surface area contributed by atoms with E-state index in [0.29, 0.717) is 0 Å². The first kappa shape index (κ1) is 67.2. The van der Waals surface area contributed by atoms with Crippen LogP contribution < -0.4 is 56.2 Å². The van der Waals surface area contributed by atoms with E-state index >= 15 is 19.2 Å². The molecule has 7 aromatic carbocycles. The van der Waals surface area contributed by atoms with E-state index in [9.17, 15) is 60.3 Å². The van der Waals surface area contributed by atoms with Gasteiger partial charge in [-0.15, -0.1) is 0 Å². The molecule has 29 nitrogen and oxygen atoms in total. The minimum atomic E-state index is -2.24. The van der Waals surface area contributed by atoms with Crippen LogP contribution in [0.25, 0.3) is 11.1 Å². The third kappa shape index (κ3) is 14.3. The van der Waals surface area contributed by atoms with Gasteiger partial charge in [0, 0.05) is 35.2 Å². The third-order valence-corrected chi connectivity index (χ3v) is 16.2. The summed E-state index contributed by atoms with van der Waals surface area (Å²) >= 11 is 14.0. The number of fused-ring (bicyclic) bond motifs is 14. The normalized spacial score (nSPS) is 20.5. The number of phenolic OH excluding ortho intramolecular Hbond substituents is 5. The molecule has 0 saturated carbocycles. The quantitative estimate of drug-likeness (QED) is 0.0794. The Bertz CT molecular complexity index is 4590. The minimum absolute atomic E-state index is 0.0170. The van der Waals surface area contributed by atoms with E-state index < -0.39 is 172 Å². The Kier molecular flexibility index (Phi) is 18.7. The number of carbonyl (C=O) groups is 8. The Labute approximate surface area is 564 Å². The molecule has 6 aliphatic heterocycles. The molecule has 98 heavy (non-hydrogen) atoms. The molecule has 0 saturated heterocycles. The van der Waals surface area contributed by atoms with Crippen LogP contribution in [0.5, 0.6) is 69.0 Å². The molecular formula is C67H55Cl2N9O20. The monoisotopic (exact) mass is 1380 g/mol. The number of ether oxygens (including phenoxy) is 6. The van der Waals surface area contributed by atoms with Gasteiger partial charge in [-0.3, -0.25) is 28.8 Å². The van der Waals surface area contributed by atoms with Gasteiger partial charge in [-0.1, -0.05) is 47.5 Å². The van der Waals surface area contributed by atoms with Gasteiger partial charge in [-0.05, 0) is 133 Å². The molecule has 17 bridgehead atoms. The molecule has 13 rings (SSSR count). The molecule has 0 aliphatic carbocycles. The summed E-state index contributed by atoms with van der Waals surface area (Å²) in [5.74, 6) is -14.6. The second-order valence-corrected chi connectivity index (χ2v) is 24.4. The third-order valence-electron chi connectivity index (χ3n) is 15.6. The van der Waals surface area contributed by atoms with Crippen LogP contribution in [0.4, 0.5) is 4.79 Å². The Hall–Kier alpha value is -12.2. The smallest absolute Gasteiger partial charge is 0.408 e. The SMILES string of the molecule is CC(C)(C)OC(=O)N[C@H]1C(=O)N[C@@H]2Cc3ccc(c(Cl)c3)Oc3cc4cc(c3OCC#N)Oc3ccc(cc3Cl)[C@@H](O)[C@@H]3NC(=O)[C@H](NC(=O)[C@@H]4NC(=O)[C@@H](NC2=O)c2cc(O)cc(c2)Oc2cc1ccc2O)c1ccc(O)c(c1)-c1c(O)cc(O)cc1[C@H](C(=O)OCC#N)NC3=O. The summed E-state index contributed by atoms with van der Waals surface area (Å²) in [6.07, 6.45) is -3.71. The number of nitrogens with one attached hydrogen (secondary N) is 7. The standard InChI is InChI=1S/C67H55Cl2N9O20/c1-67(2,3)98-66(92)78-52-30-6-9-43(82)47(22-30)95-36-19-32(18-34(79)25-36)53-62(88)75-54-33-23-48(96-45-10-4-28(16-39(45)68)17-41(59(85)73-53)72-60(52)86)58(93-14-12-70)49(24-33)97-46-11-7-31(21-40(46)69)57(84)56-64(90)76-55(65(91)94-15-13-71)38-26-35(80)27-44(83)50(38)37-20-29(5-8-42(37)81)51(61(87)77-56)74-63(54)89/h4-11,16,18-27,41,51-57,79-84H,14-15,17H2,1-3H3,(H,72,86)(H,73,85)(H,74,89)(H,75,88)(H,76,90)(H,77,87)(H,78,92)/t41-,51-,52-,53+,54-,55-,56+,57-/m1/s1. The summed E-state index contributed by atoms with van der Waals surface area (Å²) in [5, 5.41) is 106. The number of esters is 1. The minimum Gasteiger partial charge on any atom is -0.508 e. The maximum Gasteiger partial charge on any atom is 0.408 e. The number of hydrogen-bond acceptors (Lipinski definition) is 22. The van der Waals surface area contributed by atoms with Crippen molar-refractivity contribution in [3.8, 4) is 92.3 Å². The molecule has 0 unspecified atom stereocenters. The average molecular weight is 1380 g/mol. The van der Waals surface area contributed by atoms with Crippen molar-refractivity contribution in [1.29, 1.82) is 10.5 Å². The number of phenols is 5. The van der Waals surface area contributed by atoms with Crippen LogP contribution in [-0.2, 0) is 49.5 Å². The summed E-state index contributed by atoms with van der Waals surface area (Å²) in [4.78, 5) is 120. The average Bonchev–Trinajstić information content (AvgIpc) is 0.770. The van der Waals surface area contributed by atoms with Crippen LogP contribution >= 0.6 is 23.2 Å². The van der Waals surface area contributed by atoms with Crippen molar-refractivity contribution in [3.63, 3.8) is 0 Å². The molecule has 0 radical (unpaired) electrons. The summed E-state index contributed by atoms with van der Waals surface area (Å²) in [7, 11) is 0. The zero-order chi connectivity index (χ0) is 70.2. The molecule has 7 amide bonds. The number of benzene rings is 7. The first-order chi connectivity index (χ1) is 46.6. The molecule has 6 heterocycles. The Morgan fingerprint density at radius 3 is 1.83 bits per heavy atom. The number of aliphatic hydroxyl groups excluding tert-OH is 1. The van der Waals surface area contributed by atoms with Gasteiger partial charge in [-0.2, -0.15) is 10.5 Å². The molecule has 13 N–H and O–H groups in total. The maximum atomic E-state index is 16.0. The van der Waals surface area contributed by atoms with E-state index in [1.54, 1.807) is 26.8 Å². The van der Waals surface area contributed by atoms with Crippen molar-refractivity contribution < 1.29 is 97.4 Å². The zero-order valence-corrected chi connectivity index (χ0v) is 52.8. The summed E-state index contributed by atoms with van der Waals surface area (Å²) in [6.45, 7) is 3.10. The zero-order valence-electron chi connectivity index (χ0n) is 51.3. The number of rotatable bonds is 5. The molecule has 8 atom stereocenters. The molecule has 6 aliphatic rings. The Morgan fingerprint density at radius 2 is 1.16 bits per heavy atom. The Morgan fingerprint density at radius 1 is 0.571 bits per heavy atom. The lowest BCUT2D eigenvalue weighted by atomic mass is 9.89. The largest absolute Gasteiger partial charge is 0.508 e. The fourth-order valence-corrected chi connectivity index (χ4v) is 11.7. The summed E-state index contributed by atoms with van der Waals surface area (Å²) in [6, 6.07) is 10.9. The highest BCUT2D eigenvalue weighted by Crippen LogP contribution is 2.49. The molecule has 502 valence electrons. The van der Waals surface area contributed by atoms with Gasteiger partial charge in [0.2, 0.25) is 41.2 Å². The van der Waals surface area contributed by atoms with Gasteiger partial charge < -0.3 is 96.3 Å². The van der Waals surface area contributed by atoms with E-state index in [-0.39, 0.29) is 77.9 Å². The number of nitrogens with zero attached hydrogens (tertiary/aromatic N) is 2.